The van der Waals surface area contributed by atoms with E-state index in [0.717, 1.165) is 5.56 Å². The summed E-state index contributed by atoms with van der Waals surface area (Å²) >= 11 is 0. The SMILES string of the molecule is Cl.O=C(O)c1[nH]cnc1-c1ccncc1. The van der Waals surface area contributed by atoms with Gasteiger partial charge < -0.3 is 10.1 Å². The molecular weight excluding hydrogens is 218 g/mol. The first-order chi connectivity index (χ1) is 6.79. The Morgan fingerprint density at radius 3 is 2.60 bits per heavy atom. The predicted molar refractivity (Wildman–Crippen MR) is 56.0 cm³/mol. The monoisotopic (exact) mass is 225 g/mol. The zero-order valence-corrected chi connectivity index (χ0v) is 8.36. The van der Waals surface area contributed by atoms with Gasteiger partial charge in [-0.2, -0.15) is 0 Å². The zero-order valence-electron chi connectivity index (χ0n) is 7.54. The molecule has 0 unspecified atom stereocenters. The first-order valence-corrected chi connectivity index (χ1v) is 3.96. The average molecular weight is 226 g/mol. The lowest BCUT2D eigenvalue weighted by molar-refractivity contribution is 0.0692. The molecule has 0 atom stereocenters. The molecule has 6 heteroatoms. The number of carboxylic acid groups (broad SMARTS) is 1. The Morgan fingerprint density at radius 1 is 1.33 bits per heavy atom. The van der Waals surface area contributed by atoms with Crippen molar-refractivity contribution in [3.63, 3.8) is 0 Å². The second-order valence-electron chi connectivity index (χ2n) is 2.67. The third-order valence-corrected chi connectivity index (χ3v) is 1.81. The summed E-state index contributed by atoms with van der Waals surface area (Å²) in [7, 11) is 0. The maximum Gasteiger partial charge on any atom is 0.354 e. The number of aromatic amines is 1. The van der Waals surface area contributed by atoms with Crippen LogP contribution in [0.25, 0.3) is 11.3 Å². The molecule has 2 heterocycles. The number of carboxylic acids is 1. The topological polar surface area (TPSA) is 78.9 Å². The van der Waals surface area contributed by atoms with Crippen molar-refractivity contribution < 1.29 is 9.90 Å². The summed E-state index contributed by atoms with van der Waals surface area (Å²) in [6.07, 6.45) is 4.55. The molecule has 0 amide bonds. The molecule has 2 rings (SSSR count). The summed E-state index contributed by atoms with van der Waals surface area (Å²) in [6, 6.07) is 3.42. The van der Waals surface area contributed by atoms with Gasteiger partial charge in [-0.3, -0.25) is 4.98 Å². The molecule has 0 aliphatic carbocycles. The van der Waals surface area contributed by atoms with E-state index in [0.29, 0.717) is 5.69 Å². The van der Waals surface area contributed by atoms with Crippen LogP contribution < -0.4 is 0 Å². The van der Waals surface area contributed by atoms with Gasteiger partial charge in [0.05, 0.1) is 6.33 Å². The fraction of sp³-hybridized carbons (Fsp3) is 0. The van der Waals surface area contributed by atoms with Crippen molar-refractivity contribution in [2.75, 3.05) is 0 Å². The molecule has 5 nitrogen and oxygen atoms in total. The van der Waals surface area contributed by atoms with E-state index in [1.807, 2.05) is 0 Å². The fourth-order valence-corrected chi connectivity index (χ4v) is 1.19. The summed E-state index contributed by atoms with van der Waals surface area (Å²) in [5.74, 6) is -1.02. The number of imidazole rings is 1. The average Bonchev–Trinajstić information content (AvgIpc) is 2.67. The van der Waals surface area contributed by atoms with Crippen LogP contribution in [0.5, 0.6) is 0 Å². The van der Waals surface area contributed by atoms with E-state index in [2.05, 4.69) is 15.0 Å². The molecule has 78 valence electrons. The van der Waals surface area contributed by atoms with Crippen molar-refractivity contribution in [3.8, 4) is 11.3 Å². The predicted octanol–water partition coefficient (Wildman–Crippen LogP) is 1.59. The summed E-state index contributed by atoms with van der Waals surface area (Å²) in [5, 5.41) is 8.83. The lowest BCUT2D eigenvalue weighted by Gasteiger charge is -1.96. The van der Waals surface area contributed by atoms with Crippen molar-refractivity contribution in [1.82, 2.24) is 15.0 Å². The van der Waals surface area contributed by atoms with Crippen molar-refractivity contribution >= 4 is 18.4 Å². The molecule has 0 saturated carbocycles. The Hall–Kier alpha value is -1.88. The largest absolute Gasteiger partial charge is 0.477 e. The Bertz CT molecular complexity index is 455. The molecule has 0 saturated heterocycles. The third kappa shape index (κ3) is 2.13. The van der Waals surface area contributed by atoms with Gasteiger partial charge in [0.15, 0.2) is 5.69 Å². The van der Waals surface area contributed by atoms with Gasteiger partial charge in [0.25, 0.3) is 0 Å². The maximum absolute atomic E-state index is 10.8. The van der Waals surface area contributed by atoms with E-state index in [9.17, 15) is 4.79 Å². The number of nitrogens with one attached hydrogen (secondary N) is 1. The number of nitrogens with zero attached hydrogens (tertiary/aromatic N) is 2. The van der Waals surface area contributed by atoms with E-state index in [1.165, 1.54) is 6.33 Å². The zero-order chi connectivity index (χ0) is 9.97. The lowest BCUT2D eigenvalue weighted by atomic mass is 10.1. The Balaban J connectivity index is 0.00000112. The van der Waals surface area contributed by atoms with Crippen molar-refractivity contribution in [3.05, 3.63) is 36.5 Å². The second-order valence-corrected chi connectivity index (χ2v) is 2.67. The second kappa shape index (κ2) is 4.56. The van der Waals surface area contributed by atoms with Crippen LogP contribution in [-0.2, 0) is 0 Å². The van der Waals surface area contributed by atoms with Gasteiger partial charge in [0, 0.05) is 18.0 Å². The highest BCUT2D eigenvalue weighted by Crippen LogP contribution is 2.18. The van der Waals surface area contributed by atoms with Gasteiger partial charge >= 0.3 is 5.97 Å². The number of aromatic carboxylic acids is 1. The van der Waals surface area contributed by atoms with Gasteiger partial charge in [-0.15, -0.1) is 12.4 Å². The number of aromatic nitrogens is 3. The minimum Gasteiger partial charge on any atom is -0.477 e. The summed E-state index contributed by atoms with van der Waals surface area (Å²) in [5.41, 5.74) is 1.26. The molecule has 0 radical (unpaired) electrons. The van der Waals surface area contributed by atoms with Crippen LogP contribution in [0, 0.1) is 0 Å². The Labute approximate surface area is 91.6 Å². The van der Waals surface area contributed by atoms with Crippen LogP contribution in [0.1, 0.15) is 10.5 Å². The van der Waals surface area contributed by atoms with Crippen LogP contribution in [-0.4, -0.2) is 26.0 Å². The quantitative estimate of drug-likeness (QED) is 0.814. The molecule has 2 aromatic rings. The van der Waals surface area contributed by atoms with E-state index >= 15 is 0 Å². The third-order valence-electron chi connectivity index (χ3n) is 1.81. The Morgan fingerprint density at radius 2 is 2.00 bits per heavy atom. The highest BCUT2D eigenvalue weighted by molar-refractivity contribution is 5.92. The summed E-state index contributed by atoms with van der Waals surface area (Å²) in [4.78, 5) is 21.1. The van der Waals surface area contributed by atoms with Gasteiger partial charge in [0.2, 0.25) is 0 Å². The van der Waals surface area contributed by atoms with Gasteiger partial charge in [-0.25, -0.2) is 9.78 Å². The minimum absolute atomic E-state index is 0. The lowest BCUT2D eigenvalue weighted by Crippen LogP contribution is -1.98. The molecule has 2 N–H and O–H groups in total. The first-order valence-electron chi connectivity index (χ1n) is 3.96. The van der Waals surface area contributed by atoms with Crippen molar-refractivity contribution in [2.24, 2.45) is 0 Å². The number of carbonyl (C=O) groups is 1. The number of rotatable bonds is 2. The number of halogens is 1. The maximum atomic E-state index is 10.8. The number of pyridine rings is 1. The highest BCUT2D eigenvalue weighted by atomic mass is 35.5. The van der Waals surface area contributed by atoms with Crippen LogP contribution in [0.4, 0.5) is 0 Å². The van der Waals surface area contributed by atoms with Crippen LogP contribution in [0.2, 0.25) is 0 Å². The van der Waals surface area contributed by atoms with Crippen molar-refractivity contribution in [1.29, 1.82) is 0 Å². The fourth-order valence-electron chi connectivity index (χ4n) is 1.19. The highest BCUT2D eigenvalue weighted by Gasteiger charge is 2.13. The van der Waals surface area contributed by atoms with Crippen LogP contribution >= 0.6 is 12.4 Å². The number of hydrogen-bond donors (Lipinski definition) is 2. The molecule has 0 aliphatic heterocycles. The Kier molecular flexibility index (Phi) is 3.41. The summed E-state index contributed by atoms with van der Waals surface area (Å²) < 4.78 is 0. The molecule has 15 heavy (non-hydrogen) atoms. The first kappa shape index (κ1) is 11.2. The standard InChI is InChI=1S/C9H7N3O2.ClH/c13-9(14)8-7(11-5-12-8)6-1-3-10-4-2-6;/h1-5H,(H,11,12)(H,13,14);1H. The normalized spacial score (nSPS) is 9.33. The number of hydrogen-bond acceptors (Lipinski definition) is 3. The van der Waals surface area contributed by atoms with E-state index < -0.39 is 5.97 Å². The molecule has 2 aromatic heterocycles. The number of H-pyrrole nitrogens is 1. The minimum atomic E-state index is -1.02. The van der Waals surface area contributed by atoms with E-state index in [1.54, 1.807) is 24.5 Å². The van der Waals surface area contributed by atoms with E-state index in [4.69, 9.17) is 5.11 Å². The smallest absolute Gasteiger partial charge is 0.354 e. The van der Waals surface area contributed by atoms with Crippen molar-refractivity contribution in [2.45, 2.75) is 0 Å². The summed E-state index contributed by atoms with van der Waals surface area (Å²) in [6.45, 7) is 0. The molecule has 0 spiro atoms. The van der Waals surface area contributed by atoms with E-state index in [-0.39, 0.29) is 18.1 Å². The van der Waals surface area contributed by atoms with Gasteiger partial charge in [-0.05, 0) is 12.1 Å². The molecular formula is C9H8ClN3O2. The molecule has 0 aromatic carbocycles. The molecule has 0 aliphatic rings. The van der Waals surface area contributed by atoms with Crippen LogP contribution in [0.15, 0.2) is 30.9 Å². The molecule has 0 fully saturated rings. The van der Waals surface area contributed by atoms with Crippen LogP contribution in [0.3, 0.4) is 0 Å². The van der Waals surface area contributed by atoms with Gasteiger partial charge in [0.1, 0.15) is 5.69 Å². The molecule has 0 bridgehead atoms. The van der Waals surface area contributed by atoms with Gasteiger partial charge in [-0.1, -0.05) is 0 Å².